The van der Waals surface area contributed by atoms with Gasteiger partial charge in [-0.05, 0) is 12.8 Å². The van der Waals surface area contributed by atoms with E-state index in [1.165, 1.54) is 0 Å². The van der Waals surface area contributed by atoms with E-state index in [1.54, 1.807) is 26.0 Å². The third-order valence-electron chi connectivity index (χ3n) is 3.99. The van der Waals surface area contributed by atoms with Gasteiger partial charge in [0.1, 0.15) is 12.1 Å². The SMILES string of the molecule is CCC(C)C1NC(=O)C(C)N(CC(COC)OC)C1=O. The third-order valence-corrected chi connectivity index (χ3v) is 3.99. The van der Waals surface area contributed by atoms with E-state index in [1.807, 2.05) is 13.8 Å². The van der Waals surface area contributed by atoms with Crippen LogP contribution in [-0.4, -0.2) is 62.3 Å². The molecule has 4 atom stereocenters. The second-order valence-electron chi connectivity index (χ2n) is 5.35. The lowest BCUT2D eigenvalue weighted by Gasteiger charge is -2.40. The molecule has 0 radical (unpaired) electrons. The molecule has 116 valence electrons. The Morgan fingerprint density at radius 3 is 2.50 bits per heavy atom. The van der Waals surface area contributed by atoms with Crippen molar-refractivity contribution in [2.75, 3.05) is 27.4 Å². The van der Waals surface area contributed by atoms with E-state index >= 15 is 0 Å². The van der Waals surface area contributed by atoms with Crippen LogP contribution in [0.4, 0.5) is 0 Å². The van der Waals surface area contributed by atoms with Crippen LogP contribution in [0.2, 0.25) is 0 Å². The molecule has 4 unspecified atom stereocenters. The zero-order valence-electron chi connectivity index (χ0n) is 13.0. The third kappa shape index (κ3) is 3.70. The van der Waals surface area contributed by atoms with Crippen LogP contribution >= 0.6 is 0 Å². The Hall–Kier alpha value is -1.14. The predicted octanol–water partition coefficient (Wildman–Crippen LogP) is 0.409. The normalized spacial score (nSPS) is 26.4. The summed E-state index contributed by atoms with van der Waals surface area (Å²) in [5.41, 5.74) is 0. The predicted molar refractivity (Wildman–Crippen MR) is 75.2 cm³/mol. The van der Waals surface area contributed by atoms with E-state index in [2.05, 4.69) is 5.32 Å². The molecule has 1 saturated heterocycles. The number of hydrogen-bond acceptors (Lipinski definition) is 4. The largest absolute Gasteiger partial charge is 0.382 e. The molecule has 1 N–H and O–H groups in total. The summed E-state index contributed by atoms with van der Waals surface area (Å²) in [6.45, 7) is 6.47. The minimum Gasteiger partial charge on any atom is -0.382 e. The van der Waals surface area contributed by atoms with Gasteiger partial charge in [-0.1, -0.05) is 20.3 Å². The summed E-state index contributed by atoms with van der Waals surface area (Å²) in [5, 5.41) is 2.82. The smallest absolute Gasteiger partial charge is 0.246 e. The number of carbonyl (C=O) groups is 2. The summed E-state index contributed by atoms with van der Waals surface area (Å²) in [7, 11) is 3.16. The number of hydrogen-bond donors (Lipinski definition) is 1. The fourth-order valence-electron chi connectivity index (χ4n) is 2.32. The average Bonchev–Trinajstić information content (AvgIpc) is 2.45. The number of methoxy groups -OCH3 is 2. The highest BCUT2D eigenvalue weighted by Gasteiger charge is 2.40. The zero-order valence-corrected chi connectivity index (χ0v) is 13.0. The molecule has 0 spiro atoms. The molecule has 1 aliphatic rings. The molecule has 2 amide bonds. The minimum absolute atomic E-state index is 0.0374. The first kappa shape index (κ1) is 16.9. The van der Waals surface area contributed by atoms with Crippen molar-refractivity contribution >= 4 is 11.8 Å². The van der Waals surface area contributed by atoms with E-state index in [0.29, 0.717) is 13.2 Å². The Bertz CT molecular complexity index is 348. The van der Waals surface area contributed by atoms with Gasteiger partial charge in [0.15, 0.2) is 0 Å². The van der Waals surface area contributed by atoms with Crippen LogP contribution in [0.15, 0.2) is 0 Å². The number of nitrogens with one attached hydrogen (secondary N) is 1. The molecule has 6 nitrogen and oxygen atoms in total. The Kier molecular flexibility index (Phi) is 6.42. The second-order valence-corrected chi connectivity index (χ2v) is 5.35. The standard InChI is InChI=1S/C14H26N2O4/c1-6-9(2)12-14(18)16(10(3)13(17)15-12)7-11(20-5)8-19-4/h9-12H,6-8H2,1-5H3,(H,15,17). The molecule has 6 heteroatoms. The molecular formula is C14H26N2O4. The zero-order chi connectivity index (χ0) is 15.3. The van der Waals surface area contributed by atoms with Crippen LogP contribution < -0.4 is 5.32 Å². The number of piperazine rings is 1. The summed E-state index contributed by atoms with van der Waals surface area (Å²) >= 11 is 0. The van der Waals surface area contributed by atoms with Gasteiger partial charge < -0.3 is 19.7 Å². The van der Waals surface area contributed by atoms with Crippen LogP contribution in [0.1, 0.15) is 27.2 Å². The number of rotatable bonds is 7. The molecular weight excluding hydrogens is 260 g/mol. The molecule has 1 heterocycles. The molecule has 0 saturated carbocycles. The Balaban J connectivity index is 2.84. The highest BCUT2D eigenvalue weighted by Crippen LogP contribution is 2.18. The lowest BCUT2D eigenvalue weighted by molar-refractivity contribution is -0.152. The van der Waals surface area contributed by atoms with Gasteiger partial charge in [0.2, 0.25) is 11.8 Å². The van der Waals surface area contributed by atoms with Crippen LogP contribution in [0.3, 0.4) is 0 Å². The first-order valence-corrected chi connectivity index (χ1v) is 7.08. The summed E-state index contributed by atoms with van der Waals surface area (Å²) in [6, 6.07) is -0.916. The lowest BCUT2D eigenvalue weighted by atomic mass is 9.94. The minimum atomic E-state index is -0.475. The van der Waals surface area contributed by atoms with Crippen molar-refractivity contribution in [3.05, 3.63) is 0 Å². The first-order chi connectivity index (χ1) is 9.46. The highest BCUT2D eigenvalue weighted by molar-refractivity contribution is 5.96. The topological polar surface area (TPSA) is 67.9 Å². The van der Waals surface area contributed by atoms with Gasteiger partial charge in [0.05, 0.1) is 12.7 Å². The molecule has 1 rings (SSSR count). The molecule has 0 bridgehead atoms. The van der Waals surface area contributed by atoms with Gasteiger partial charge in [-0.15, -0.1) is 0 Å². The Labute approximate surface area is 120 Å². The summed E-state index contributed by atoms with van der Waals surface area (Å²) in [4.78, 5) is 26.2. The van der Waals surface area contributed by atoms with E-state index < -0.39 is 12.1 Å². The lowest BCUT2D eigenvalue weighted by Crippen LogP contribution is -2.65. The molecule has 0 aromatic carbocycles. The maximum atomic E-state index is 12.6. The highest BCUT2D eigenvalue weighted by atomic mass is 16.5. The molecule has 0 aromatic rings. The van der Waals surface area contributed by atoms with Crippen LogP contribution in [0.25, 0.3) is 0 Å². The number of nitrogens with zero attached hydrogens (tertiary/aromatic N) is 1. The monoisotopic (exact) mass is 286 g/mol. The van der Waals surface area contributed by atoms with Gasteiger partial charge in [-0.2, -0.15) is 0 Å². The van der Waals surface area contributed by atoms with Crippen molar-refractivity contribution < 1.29 is 19.1 Å². The summed E-state index contributed by atoms with van der Waals surface area (Å²) < 4.78 is 10.4. The van der Waals surface area contributed by atoms with Gasteiger partial charge in [0.25, 0.3) is 0 Å². The summed E-state index contributed by atoms with van der Waals surface area (Å²) in [5.74, 6) is -0.0309. The van der Waals surface area contributed by atoms with Crippen molar-refractivity contribution in [1.29, 1.82) is 0 Å². The maximum Gasteiger partial charge on any atom is 0.246 e. The number of ether oxygens (including phenoxy) is 2. The Morgan fingerprint density at radius 2 is 2.00 bits per heavy atom. The molecule has 0 aromatic heterocycles. The van der Waals surface area contributed by atoms with Gasteiger partial charge >= 0.3 is 0 Å². The molecule has 20 heavy (non-hydrogen) atoms. The molecule has 1 aliphatic heterocycles. The molecule has 1 fully saturated rings. The average molecular weight is 286 g/mol. The van der Waals surface area contributed by atoms with Crippen LogP contribution in [0.5, 0.6) is 0 Å². The van der Waals surface area contributed by atoms with Gasteiger partial charge in [-0.25, -0.2) is 0 Å². The number of carbonyl (C=O) groups excluding carboxylic acids is 2. The maximum absolute atomic E-state index is 12.6. The first-order valence-electron chi connectivity index (χ1n) is 7.08. The second kappa shape index (κ2) is 7.59. The van der Waals surface area contributed by atoms with E-state index in [0.717, 1.165) is 6.42 Å². The van der Waals surface area contributed by atoms with Crippen molar-refractivity contribution in [2.45, 2.75) is 45.4 Å². The number of amides is 2. The summed E-state index contributed by atoms with van der Waals surface area (Å²) in [6.07, 6.45) is 0.611. The fraction of sp³-hybridized carbons (Fsp3) is 0.857. The van der Waals surface area contributed by atoms with Gasteiger partial charge in [-0.3, -0.25) is 9.59 Å². The van der Waals surface area contributed by atoms with Gasteiger partial charge in [0, 0.05) is 20.8 Å². The van der Waals surface area contributed by atoms with E-state index in [-0.39, 0.29) is 23.8 Å². The molecule has 0 aliphatic carbocycles. The van der Waals surface area contributed by atoms with Crippen molar-refractivity contribution in [1.82, 2.24) is 10.2 Å². The van der Waals surface area contributed by atoms with Crippen LogP contribution in [0, 0.1) is 5.92 Å². The van der Waals surface area contributed by atoms with Crippen molar-refractivity contribution in [3.8, 4) is 0 Å². The van der Waals surface area contributed by atoms with Crippen molar-refractivity contribution in [2.24, 2.45) is 5.92 Å². The van der Waals surface area contributed by atoms with Crippen molar-refractivity contribution in [3.63, 3.8) is 0 Å². The van der Waals surface area contributed by atoms with E-state index in [9.17, 15) is 9.59 Å². The Morgan fingerprint density at radius 1 is 1.35 bits per heavy atom. The quantitative estimate of drug-likeness (QED) is 0.736. The fourth-order valence-corrected chi connectivity index (χ4v) is 2.32. The van der Waals surface area contributed by atoms with Crippen LogP contribution in [-0.2, 0) is 19.1 Å². The van der Waals surface area contributed by atoms with E-state index in [4.69, 9.17) is 9.47 Å².